The Kier molecular flexibility index (Phi) is 3.70. The molecule has 0 aliphatic rings. The van der Waals surface area contributed by atoms with E-state index in [9.17, 15) is 24.5 Å². The van der Waals surface area contributed by atoms with Crippen molar-refractivity contribution in [3.8, 4) is 0 Å². The second-order valence-electron chi connectivity index (χ2n) is 4.88. The lowest BCUT2D eigenvalue weighted by Crippen LogP contribution is -2.48. The third-order valence-corrected chi connectivity index (χ3v) is 3.44. The normalized spacial score (nSPS) is 11.6. The van der Waals surface area contributed by atoms with Crippen LogP contribution in [0.5, 0.6) is 0 Å². The lowest BCUT2D eigenvalue weighted by molar-refractivity contribution is -0.384. The molecule has 8 heteroatoms. The maximum Gasteiger partial charge on any atom is 0.294 e. The van der Waals surface area contributed by atoms with E-state index in [-0.39, 0.29) is 22.1 Å². The molecule has 8 nitrogen and oxygen atoms in total. The van der Waals surface area contributed by atoms with Crippen molar-refractivity contribution in [3.63, 3.8) is 0 Å². The van der Waals surface area contributed by atoms with Crippen LogP contribution in [0.1, 0.15) is 0 Å². The summed E-state index contributed by atoms with van der Waals surface area (Å²) in [5.41, 5.74) is -0.541. The van der Waals surface area contributed by atoms with Gasteiger partial charge in [-0.25, -0.2) is 0 Å². The van der Waals surface area contributed by atoms with Gasteiger partial charge in [0.05, 0.1) is 4.92 Å². The first-order chi connectivity index (χ1) is 11.5. The Bertz CT molecular complexity index is 1180. The van der Waals surface area contributed by atoms with E-state index in [1.165, 1.54) is 36.4 Å². The summed E-state index contributed by atoms with van der Waals surface area (Å²) in [4.78, 5) is 46.8. The summed E-state index contributed by atoms with van der Waals surface area (Å²) in [6.07, 6.45) is 0. The van der Waals surface area contributed by atoms with Gasteiger partial charge in [0.15, 0.2) is 5.36 Å². The molecule has 3 aromatic rings. The molecule has 3 aromatic carbocycles. The van der Waals surface area contributed by atoms with Gasteiger partial charge in [-0.2, -0.15) is 5.10 Å². The number of rotatable bonds is 3. The third-order valence-electron chi connectivity index (χ3n) is 3.44. The van der Waals surface area contributed by atoms with Gasteiger partial charge in [-0.15, -0.1) is 0 Å². The summed E-state index contributed by atoms with van der Waals surface area (Å²) in [6, 6.07) is 11.5. The topological polar surface area (TPSA) is 119 Å². The maximum atomic E-state index is 12.3. The first-order valence-corrected chi connectivity index (χ1v) is 6.80. The summed E-state index contributed by atoms with van der Waals surface area (Å²) in [6.45, 7) is 0. The highest BCUT2D eigenvalue weighted by molar-refractivity contribution is 5.81. The van der Waals surface area contributed by atoms with Crippen molar-refractivity contribution >= 4 is 22.1 Å². The van der Waals surface area contributed by atoms with Crippen LogP contribution >= 0.6 is 0 Å². The van der Waals surface area contributed by atoms with Crippen molar-refractivity contribution in [2.45, 2.75) is 0 Å². The number of anilines is 1. The van der Waals surface area contributed by atoms with Crippen molar-refractivity contribution in [2.24, 2.45) is 5.10 Å². The van der Waals surface area contributed by atoms with E-state index < -0.39 is 26.6 Å². The zero-order valence-electron chi connectivity index (χ0n) is 12.1. The SMILES string of the molecule is O=c1c(=NNc2ccccc2[N+](=O)[O-])c(=O)c2ccccc2c1=O. The van der Waals surface area contributed by atoms with E-state index in [0.29, 0.717) is 0 Å². The number of nitrogens with one attached hydrogen (secondary N) is 1. The number of fused-ring (bicyclic) bond motifs is 1. The Hall–Kier alpha value is -3.68. The van der Waals surface area contributed by atoms with Crippen molar-refractivity contribution in [3.05, 3.63) is 94.7 Å². The number of para-hydroxylation sites is 2. The van der Waals surface area contributed by atoms with Gasteiger partial charge in [-0.05, 0) is 6.07 Å². The molecule has 0 aliphatic carbocycles. The fraction of sp³-hybridized carbons (Fsp3) is 0. The van der Waals surface area contributed by atoms with Gasteiger partial charge in [-0.1, -0.05) is 36.4 Å². The standard InChI is InChI=1S/C16H9N3O5/c20-14-9-5-1-2-6-10(9)15(21)16(22)13(14)18-17-11-7-3-4-8-12(11)19(23)24/h1-8,17H. The fourth-order valence-corrected chi connectivity index (χ4v) is 2.28. The van der Waals surface area contributed by atoms with Crippen LogP contribution in [-0.2, 0) is 0 Å². The van der Waals surface area contributed by atoms with E-state index in [1.54, 1.807) is 12.1 Å². The Balaban J connectivity index is 2.23. The van der Waals surface area contributed by atoms with Gasteiger partial charge in [0.2, 0.25) is 10.9 Å². The number of nitrogens with zero attached hydrogens (tertiary/aromatic N) is 2. The molecule has 0 amide bonds. The van der Waals surface area contributed by atoms with Crippen LogP contribution in [0.4, 0.5) is 11.4 Å². The number of benzene rings is 3. The summed E-state index contributed by atoms with van der Waals surface area (Å²) in [7, 11) is 0. The molecule has 0 saturated carbocycles. The lowest BCUT2D eigenvalue weighted by Gasteiger charge is -2.00. The summed E-state index contributed by atoms with van der Waals surface area (Å²) < 4.78 is 0. The largest absolute Gasteiger partial charge is 0.294 e. The Morgan fingerprint density at radius 2 is 1.42 bits per heavy atom. The highest BCUT2D eigenvalue weighted by atomic mass is 16.6. The molecule has 0 atom stereocenters. The molecule has 24 heavy (non-hydrogen) atoms. The van der Waals surface area contributed by atoms with Gasteiger partial charge in [-0.3, -0.25) is 29.9 Å². The van der Waals surface area contributed by atoms with E-state index in [2.05, 4.69) is 10.5 Å². The van der Waals surface area contributed by atoms with Crippen LogP contribution in [0.15, 0.2) is 68.0 Å². The van der Waals surface area contributed by atoms with Gasteiger partial charge < -0.3 is 0 Å². The van der Waals surface area contributed by atoms with Crippen molar-refractivity contribution < 1.29 is 4.92 Å². The van der Waals surface area contributed by atoms with Gasteiger partial charge in [0.25, 0.3) is 11.1 Å². The molecule has 0 unspecified atom stereocenters. The van der Waals surface area contributed by atoms with E-state index in [0.717, 1.165) is 0 Å². The minimum Gasteiger partial charge on any atom is -0.287 e. The van der Waals surface area contributed by atoms with Gasteiger partial charge in [0.1, 0.15) is 5.69 Å². The van der Waals surface area contributed by atoms with E-state index >= 15 is 0 Å². The highest BCUT2D eigenvalue weighted by Crippen LogP contribution is 2.22. The van der Waals surface area contributed by atoms with Crippen molar-refractivity contribution in [1.82, 2.24) is 0 Å². The quantitative estimate of drug-likeness (QED) is 0.429. The van der Waals surface area contributed by atoms with Crippen LogP contribution in [0.25, 0.3) is 10.8 Å². The number of nitro benzene ring substituents is 1. The number of nitro groups is 1. The molecule has 0 aliphatic heterocycles. The molecule has 0 heterocycles. The van der Waals surface area contributed by atoms with Crippen LogP contribution in [0.2, 0.25) is 0 Å². The predicted octanol–water partition coefficient (Wildman–Crippen LogP) is 0.632. The summed E-state index contributed by atoms with van der Waals surface area (Å²) >= 11 is 0. The first kappa shape index (κ1) is 15.2. The van der Waals surface area contributed by atoms with Gasteiger partial charge >= 0.3 is 0 Å². The average molecular weight is 323 g/mol. The number of hydrogen-bond donors (Lipinski definition) is 1. The number of hydrogen-bond acceptors (Lipinski definition) is 7. The van der Waals surface area contributed by atoms with E-state index in [1.807, 2.05) is 0 Å². The smallest absolute Gasteiger partial charge is 0.287 e. The predicted molar refractivity (Wildman–Crippen MR) is 87.4 cm³/mol. The van der Waals surface area contributed by atoms with Crippen LogP contribution < -0.4 is 27.1 Å². The van der Waals surface area contributed by atoms with Crippen molar-refractivity contribution in [2.75, 3.05) is 5.43 Å². The highest BCUT2D eigenvalue weighted by Gasteiger charge is 2.13. The Morgan fingerprint density at radius 3 is 2.08 bits per heavy atom. The Labute approximate surface area is 133 Å². The molecule has 0 bridgehead atoms. The second kappa shape index (κ2) is 5.84. The average Bonchev–Trinajstić information content (AvgIpc) is 2.60. The molecule has 3 rings (SSSR count). The lowest BCUT2D eigenvalue weighted by atomic mass is 10.1. The van der Waals surface area contributed by atoms with Crippen LogP contribution in [-0.4, -0.2) is 4.92 Å². The minimum atomic E-state index is -1.05. The molecule has 0 fully saturated rings. The third kappa shape index (κ3) is 2.45. The fourth-order valence-electron chi connectivity index (χ4n) is 2.28. The molecule has 1 N–H and O–H groups in total. The summed E-state index contributed by atoms with van der Waals surface area (Å²) in [5, 5.41) is 14.1. The molecule has 0 spiro atoms. The van der Waals surface area contributed by atoms with Crippen LogP contribution in [0.3, 0.4) is 0 Å². The first-order valence-electron chi connectivity index (χ1n) is 6.80. The van der Waals surface area contributed by atoms with Crippen molar-refractivity contribution in [1.29, 1.82) is 0 Å². The molecule has 0 aromatic heterocycles. The van der Waals surface area contributed by atoms with Gasteiger partial charge in [0, 0.05) is 16.8 Å². The monoisotopic (exact) mass is 323 g/mol. The molecular weight excluding hydrogens is 314 g/mol. The summed E-state index contributed by atoms with van der Waals surface area (Å²) in [5.74, 6) is 0. The maximum absolute atomic E-state index is 12.3. The molecule has 0 radical (unpaired) electrons. The zero-order valence-corrected chi connectivity index (χ0v) is 12.1. The molecule has 0 saturated heterocycles. The molecule has 118 valence electrons. The molecular formula is C16H9N3O5. The Morgan fingerprint density at radius 1 is 0.833 bits per heavy atom. The van der Waals surface area contributed by atoms with Crippen LogP contribution in [0, 0.1) is 10.1 Å². The van der Waals surface area contributed by atoms with E-state index in [4.69, 9.17) is 0 Å². The second-order valence-corrected chi connectivity index (χ2v) is 4.88. The minimum absolute atomic E-state index is 0.00177. The zero-order chi connectivity index (χ0) is 17.3.